The molecule has 2 N–H and O–H groups in total. The number of ether oxygens (including phenoxy) is 1. The van der Waals surface area contributed by atoms with Crippen molar-refractivity contribution in [2.45, 2.75) is 0 Å². The van der Waals surface area contributed by atoms with Crippen LogP contribution in [0.5, 0.6) is 5.75 Å². The van der Waals surface area contributed by atoms with E-state index in [1.807, 2.05) is 0 Å². The number of nitrogen functional groups attached to an aromatic ring is 1. The molecule has 0 bridgehead atoms. The van der Waals surface area contributed by atoms with E-state index in [9.17, 15) is 10.1 Å². The van der Waals surface area contributed by atoms with Crippen molar-refractivity contribution in [2.75, 3.05) is 12.8 Å². The molecule has 0 saturated carbocycles. The van der Waals surface area contributed by atoms with Gasteiger partial charge in [-0.1, -0.05) is 0 Å². The maximum atomic E-state index is 10.8. The Hall–Kier alpha value is -2.64. The fraction of sp³-hybridized carbons (Fsp3) is 0.200. The Labute approximate surface area is 102 Å². The average Bonchev–Trinajstić information content (AvgIpc) is 2.68. The Balaban J connectivity index is 2.50. The van der Waals surface area contributed by atoms with Crippen LogP contribution in [0.15, 0.2) is 18.2 Å². The van der Waals surface area contributed by atoms with Crippen molar-refractivity contribution in [3.05, 3.63) is 28.3 Å². The highest BCUT2D eigenvalue weighted by Gasteiger charge is 2.17. The lowest BCUT2D eigenvalue weighted by atomic mass is 10.2. The molecule has 8 heteroatoms. The lowest BCUT2D eigenvalue weighted by Crippen LogP contribution is -1.97. The van der Waals surface area contributed by atoms with Crippen LogP contribution in [0.4, 0.5) is 11.6 Å². The van der Waals surface area contributed by atoms with Crippen LogP contribution >= 0.6 is 0 Å². The van der Waals surface area contributed by atoms with Crippen molar-refractivity contribution >= 4 is 11.6 Å². The van der Waals surface area contributed by atoms with Gasteiger partial charge in [0.15, 0.2) is 11.6 Å². The van der Waals surface area contributed by atoms with Crippen molar-refractivity contribution in [1.82, 2.24) is 14.8 Å². The first kappa shape index (κ1) is 11.8. The third-order valence-electron chi connectivity index (χ3n) is 2.43. The Morgan fingerprint density at radius 1 is 1.50 bits per heavy atom. The van der Waals surface area contributed by atoms with Crippen LogP contribution in [0, 0.1) is 10.1 Å². The number of aryl methyl sites for hydroxylation is 1. The Bertz CT molecular complexity index is 588. The molecule has 1 aromatic carbocycles. The predicted molar refractivity (Wildman–Crippen MR) is 64.1 cm³/mol. The number of nitrogens with zero attached hydrogens (tertiary/aromatic N) is 4. The van der Waals surface area contributed by atoms with Crippen LogP contribution in [0.1, 0.15) is 0 Å². The van der Waals surface area contributed by atoms with Gasteiger partial charge in [0.05, 0.1) is 12.0 Å². The predicted octanol–water partition coefficient (Wildman–Crippen LogP) is 0.981. The third kappa shape index (κ3) is 1.95. The van der Waals surface area contributed by atoms with Crippen LogP contribution in [-0.2, 0) is 7.05 Å². The van der Waals surface area contributed by atoms with Gasteiger partial charge < -0.3 is 10.5 Å². The number of hydrogen-bond acceptors (Lipinski definition) is 6. The van der Waals surface area contributed by atoms with E-state index in [1.54, 1.807) is 13.1 Å². The zero-order valence-corrected chi connectivity index (χ0v) is 9.82. The van der Waals surface area contributed by atoms with Gasteiger partial charge in [-0.05, 0) is 12.1 Å². The number of nitro groups is 1. The van der Waals surface area contributed by atoms with E-state index in [0.29, 0.717) is 11.4 Å². The summed E-state index contributed by atoms with van der Waals surface area (Å²) in [5.41, 5.74) is 6.07. The minimum absolute atomic E-state index is 0.106. The highest BCUT2D eigenvalue weighted by atomic mass is 16.6. The number of hydrogen-bond donors (Lipinski definition) is 1. The van der Waals surface area contributed by atoms with E-state index in [-0.39, 0.29) is 17.4 Å². The molecule has 0 aliphatic carbocycles. The minimum atomic E-state index is -0.511. The summed E-state index contributed by atoms with van der Waals surface area (Å²) >= 11 is 0. The summed E-state index contributed by atoms with van der Waals surface area (Å²) in [6, 6.07) is 4.41. The summed E-state index contributed by atoms with van der Waals surface area (Å²) in [6.45, 7) is 0. The molecule has 94 valence electrons. The van der Waals surface area contributed by atoms with Gasteiger partial charge in [0, 0.05) is 18.7 Å². The fourth-order valence-corrected chi connectivity index (χ4v) is 1.49. The van der Waals surface area contributed by atoms with Crippen LogP contribution in [0.25, 0.3) is 11.4 Å². The van der Waals surface area contributed by atoms with Gasteiger partial charge in [-0.3, -0.25) is 10.1 Å². The second kappa shape index (κ2) is 4.32. The molecule has 1 heterocycles. The second-order valence-corrected chi connectivity index (χ2v) is 3.56. The molecule has 0 unspecified atom stereocenters. The summed E-state index contributed by atoms with van der Waals surface area (Å²) in [6.07, 6.45) is 0. The Kier molecular flexibility index (Phi) is 2.84. The van der Waals surface area contributed by atoms with Gasteiger partial charge in [0.2, 0.25) is 5.95 Å². The van der Waals surface area contributed by atoms with E-state index in [1.165, 1.54) is 23.9 Å². The maximum Gasteiger partial charge on any atom is 0.310 e. The molecule has 18 heavy (non-hydrogen) atoms. The molecule has 0 radical (unpaired) electrons. The lowest BCUT2D eigenvalue weighted by molar-refractivity contribution is -0.385. The standard InChI is InChI=1S/C10H11N5O3/c1-14-10(11)12-9(13-14)6-3-4-7(15(16)17)8(5-6)18-2/h3-5H,1-2H3,(H2,11,12,13). The molecule has 0 aliphatic rings. The van der Waals surface area contributed by atoms with Crippen LogP contribution in [0.3, 0.4) is 0 Å². The average molecular weight is 249 g/mol. The quantitative estimate of drug-likeness (QED) is 0.641. The molecule has 0 atom stereocenters. The van der Waals surface area contributed by atoms with E-state index < -0.39 is 4.92 Å². The molecule has 1 aromatic heterocycles. The summed E-state index contributed by atoms with van der Waals surface area (Å²) in [5, 5.41) is 14.8. The largest absolute Gasteiger partial charge is 0.490 e. The molecule has 8 nitrogen and oxygen atoms in total. The van der Waals surface area contributed by atoms with Crippen molar-refractivity contribution in [1.29, 1.82) is 0 Å². The molecule has 0 aliphatic heterocycles. The first-order valence-corrected chi connectivity index (χ1v) is 5.02. The number of nitrogens with two attached hydrogens (primary N) is 1. The number of benzene rings is 1. The van der Waals surface area contributed by atoms with Gasteiger partial charge in [-0.2, -0.15) is 4.98 Å². The molecular formula is C10H11N5O3. The Morgan fingerprint density at radius 2 is 2.22 bits per heavy atom. The monoisotopic (exact) mass is 249 g/mol. The number of rotatable bonds is 3. The minimum Gasteiger partial charge on any atom is -0.490 e. The molecule has 2 rings (SSSR count). The van der Waals surface area contributed by atoms with E-state index in [4.69, 9.17) is 10.5 Å². The highest BCUT2D eigenvalue weighted by molar-refractivity contribution is 5.63. The zero-order valence-electron chi connectivity index (χ0n) is 9.82. The summed E-state index contributed by atoms with van der Waals surface area (Å²) < 4.78 is 6.39. The van der Waals surface area contributed by atoms with Gasteiger partial charge in [-0.25, -0.2) is 4.68 Å². The lowest BCUT2D eigenvalue weighted by Gasteiger charge is -2.02. The smallest absolute Gasteiger partial charge is 0.310 e. The second-order valence-electron chi connectivity index (χ2n) is 3.56. The molecular weight excluding hydrogens is 238 g/mol. The maximum absolute atomic E-state index is 10.8. The van der Waals surface area contributed by atoms with E-state index >= 15 is 0 Å². The van der Waals surface area contributed by atoms with Gasteiger partial charge in [-0.15, -0.1) is 5.10 Å². The van der Waals surface area contributed by atoms with Crippen molar-refractivity contribution in [3.63, 3.8) is 0 Å². The molecule has 0 spiro atoms. The number of anilines is 1. The van der Waals surface area contributed by atoms with Crippen LogP contribution in [-0.4, -0.2) is 26.8 Å². The van der Waals surface area contributed by atoms with Crippen molar-refractivity contribution in [3.8, 4) is 17.1 Å². The van der Waals surface area contributed by atoms with E-state index in [0.717, 1.165) is 0 Å². The first-order chi connectivity index (χ1) is 8.52. The normalized spacial score (nSPS) is 10.3. The number of nitro benzene ring substituents is 1. The SMILES string of the molecule is COc1cc(-c2nc(N)n(C)n2)ccc1[N+](=O)[O-]. The molecule has 0 saturated heterocycles. The topological polar surface area (TPSA) is 109 Å². The number of aromatic nitrogens is 3. The Morgan fingerprint density at radius 3 is 2.72 bits per heavy atom. The van der Waals surface area contributed by atoms with Gasteiger partial charge >= 0.3 is 5.69 Å². The third-order valence-corrected chi connectivity index (χ3v) is 2.43. The van der Waals surface area contributed by atoms with Gasteiger partial charge in [0.25, 0.3) is 0 Å². The van der Waals surface area contributed by atoms with E-state index in [2.05, 4.69) is 10.1 Å². The first-order valence-electron chi connectivity index (χ1n) is 5.02. The van der Waals surface area contributed by atoms with Gasteiger partial charge in [0.1, 0.15) is 0 Å². The van der Waals surface area contributed by atoms with Crippen LogP contribution in [0.2, 0.25) is 0 Å². The fourth-order valence-electron chi connectivity index (χ4n) is 1.49. The summed E-state index contributed by atoms with van der Waals surface area (Å²) in [7, 11) is 3.03. The molecule has 2 aromatic rings. The molecule has 0 amide bonds. The summed E-state index contributed by atoms with van der Waals surface area (Å²) in [5.74, 6) is 0.814. The summed E-state index contributed by atoms with van der Waals surface area (Å²) in [4.78, 5) is 14.3. The van der Waals surface area contributed by atoms with Crippen molar-refractivity contribution < 1.29 is 9.66 Å². The highest BCUT2D eigenvalue weighted by Crippen LogP contribution is 2.31. The van der Waals surface area contributed by atoms with Crippen molar-refractivity contribution in [2.24, 2.45) is 7.05 Å². The molecule has 0 fully saturated rings. The van der Waals surface area contributed by atoms with Crippen LogP contribution < -0.4 is 10.5 Å². The zero-order chi connectivity index (χ0) is 13.3. The number of methoxy groups -OCH3 is 1.